The molecule has 36 heavy (non-hydrogen) atoms. The molecule has 0 saturated carbocycles. The number of benzene rings is 3. The summed E-state index contributed by atoms with van der Waals surface area (Å²) in [4.78, 5) is 14.3. The largest absolute Gasteiger partial charge is 0.272 e. The van der Waals surface area contributed by atoms with Crippen molar-refractivity contribution in [3.63, 3.8) is 0 Å². The summed E-state index contributed by atoms with van der Waals surface area (Å²) in [5.41, 5.74) is 6.24. The standard InChI is InChI=1S/C30H28N4OS/c1-3-30(2)18-23-16-10-11-17-24(23)26-25(30)27(35)33(19-21-12-6-4-7-13-21)28-31-32-29(34(26)28)36-20-22-14-8-5-9-15-22/h4-17H,3,18-20H2,1-2H3/t30-/m1/s1. The first-order valence-corrected chi connectivity index (χ1v) is 13.4. The first-order chi connectivity index (χ1) is 17.6. The van der Waals surface area contributed by atoms with E-state index in [9.17, 15) is 4.79 Å². The van der Waals surface area contributed by atoms with E-state index in [1.165, 1.54) is 11.1 Å². The number of rotatable bonds is 6. The molecule has 6 heteroatoms. The first kappa shape index (κ1) is 22.8. The lowest BCUT2D eigenvalue weighted by atomic mass is 9.69. The quantitative estimate of drug-likeness (QED) is 0.268. The average molecular weight is 493 g/mol. The molecule has 0 fully saturated rings. The number of hydrogen-bond donors (Lipinski definition) is 0. The number of nitrogens with zero attached hydrogens (tertiary/aromatic N) is 4. The van der Waals surface area contributed by atoms with E-state index < -0.39 is 0 Å². The second kappa shape index (κ2) is 9.10. The molecule has 2 aromatic heterocycles. The molecule has 0 spiro atoms. The van der Waals surface area contributed by atoms with Crippen LogP contribution in [-0.4, -0.2) is 19.2 Å². The lowest BCUT2D eigenvalue weighted by Gasteiger charge is -2.36. The van der Waals surface area contributed by atoms with Gasteiger partial charge in [0.2, 0.25) is 5.78 Å². The summed E-state index contributed by atoms with van der Waals surface area (Å²) in [6.07, 6.45) is 1.71. The molecule has 1 atom stereocenters. The maximum Gasteiger partial charge on any atom is 0.259 e. The smallest absolute Gasteiger partial charge is 0.259 e. The summed E-state index contributed by atoms with van der Waals surface area (Å²) in [6, 6.07) is 29.0. The summed E-state index contributed by atoms with van der Waals surface area (Å²) in [5, 5.41) is 10.0. The molecule has 0 amide bonds. The molecule has 2 heterocycles. The van der Waals surface area contributed by atoms with Gasteiger partial charge in [0.05, 0.1) is 12.2 Å². The minimum atomic E-state index is -0.279. The molecule has 1 aliphatic carbocycles. The van der Waals surface area contributed by atoms with E-state index in [0.29, 0.717) is 12.3 Å². The van der Waals surface area contributed by atoms with E-state index in [2.05, 4.69) is 89.1 Å². The molecule has 3 aromatic carbocycles. The van der Waals surface area contributed by atoms with Crippen LogP contribution in [0.1, 0.15) is 42.5 Å². The van der Waals surface area contributed by atoms with Crippen molar-refractivity contribution in [2.24, 2.45) is 0 Å². The highest BCUT2D eigenvalue weighted by molar-refractivity contribution is 7.98. The fourth-order valence-corrected chi connectivity index (χ4v) is 6.20. The van der Waals surface area contributed by atoms with E-state index >= 15 is 0 Å². The number of hydrogen-bond acceptors (Lipinski definition) is 4. The number of thioether (sulfide) groups is 1. The van der Waals surface area contributed by atoms with Gasteiger partial charge in [0.25, 0.3) is 5.56 Å². The van der Waals surface area contributed by atoms with Crippen LogP contribution in [0.2, 0.25) is 0 Å². The third kappa shape index (κ3) is 3.77. The summed E-state index contributed by atoms with van der Waals surface area (Å²) >= 11 is 1.66. The van der Waals surface area contributed by atoms with E-state index in [1.54, 1.807) is 11.8 Å². The second-order valence-electron chi connectivity index (χ2n) is 9.74. The molecular weight excluding hydrogens is 464 g/mol. The van der Waals surface area contributed by atoms with Gasteiger partial charge in [-0.1, -0.05) is 111 Å². The van der Waals surface area contributed by atoms with Gasteiger partial charge >= 0.3 is 0 Å². The summed E-state index contributed by atoms with van der Waals surface area (Å²) in [5.74, 6) is 1.37. The molecule has 0 saturated heterocycles. The molecular formula is C30H28N4OS. The van der Waals surface area contributed by atoms with Gasteiger partial charge in [-0.05, 0) is 29.5 Å². The van der Waals surface area contributed by atoms with E-state index in [-0.39, 0.29) is 11.0 Å². The molecule has 180 valence electrons. The lowest BCUT2D eigenvalue weighted by Crippen LogP contribution is -2.40. The molecule has 0 bridgehead atoms. The van der Waals surface area contributed by atoms with Gasteiger partial charge in [0.1, 0.15) is 0 Å². The van der Waals surface area contributed by atoms with Crippen molar-refractivity contribution in [1.29, 1.82) is 0 Å². The predicted molar refractivity (Wildman–Crippen MR) is 146 cm³/mol. The van der Waals surface area contributed by atoms with Crippen LogP contribution in [0.25, 0.3) is 17.0 Å². The van der Waals surface area contributed by atoms with Crippen LogP contribution in [0.15, 0.2) is 94.9 Å². The molecule has 0 unspecified atom stereocenters. The summed E-state index contributed by atoms with van der Waals surface area (Å²) in [7, 11) is 0. The monoisotopic (exact) mass is 492 g/mol. The zero-order chi connectivity index (χ0) is 24.7. The van der Waals surface area contributed by atoms with Gasteiger partial charge in [0, 0.05) is 22.3 Å². The highest BCUT2D eigenvalue weighted by Gasteiger charge is 2.39. The van der Waals surface area contributed by atoms with Crippen molar-refractivity contribution in [3.8, 4) is 11.3 Å². The van der Waals surface area contributed by atoms with Crippen molar-refractivity contribution < 1.29 is 0 Å². The fraction of sp³-hybridized carbons (Fsp3) is 0.233. The van der Waals surface area contributed by atoms with Crippen LogP contribution < -0.4 is 5.56 Å². The molecule has 5 nitrogen and oxygen atoms in total. The maximum absolute atomic E-state index is 14.3. The Morgan fingerprint density at radius 1 is 0.889 bits per heavy atom. The number of aromatic nitrogens is 4. The highest BCUT2D eigenvalue weighted by atomic mass is 32.2. The Kier molecular flexibility index (Phi) is 5.76. The maximum atomic E-state index is 14.3. The summed E-state index contributed by atoms with van der Waals surface area (Å²) in [6.45, 7) is 4.86. The van der Waals surface area contributed by atoms with Gasteiger partial charge in [-0.15, -0.1) is 10.2 Å². The predicted octanol–water partition coefficient (Wildman–Crippen LogP) is 6.12. The first-order valence-electron chi connectivity index (χ1n) is 12.4. The van der Waals surface area contributed by atoms with Crippen molar-refractivity contribution in [2.75, 3.05) is 0 Å². The van der Waals surface area contributed by atoms with Crippen molar-refractivity contribution >= 4 is 17.5 Å². The van der Waals surface area contributed by atoms with Crippen LogP contribution in [0.5, 0.6) is 0 Å². The Balaban J connectivity index is 1.63. The second-order valence-corrected chi connectivity index (χ2v) is 10.7. The number of fused-ring (bicyclic) bond motifs is 5. The van der Waals surface area contributed by atoms with Crippen LogP contribution >= 0.6 is 11.8 Å². The van der Waals surface area contributed by atoms with Gasteiger partial charge < -0.3 is 0 Å². The molecule has 0 radical (unpaired) electrons. The van der Waals surface area contributed by atoms with Gasteiger partial charge in [-0.25, -0.2) is 0 Å². The minimum Gasteiger partial charge on any atom is -0.272 e. The SMILES string of the molecule is CC[C@]1(C)Cc2ccccc2-c2c1c(=O)n(Cc1ccccc1)c1nnc(SCc3ccccc3)n21. The Bertz CT molecular complexity index is 1610. The van der Waals surface area contributed by atoms with Gasteiger partial charge in [-0.3, -0.25) is 13.8 Å². The van der Waals surface area contributed by atoms with Crippen LogP contribution in [0.4, 0.5) is 0 Å². The molecule has 0 N–H and O–H groups in total. The molecule has 1 aliphatic rings. The highest BCUT2D eigenvalue weighted by Crippen LogP contribution is 2.44. The van der Waals surface area contributed by atoms with Crippen molar-refractivity contribution in [2.45, 2.75) is 49.6 Å². The molecule has 5 aromatic rings. The Morgan fingerprint density at radius 3 is 2.28 bits per heavy atom. The van der Waals surface area contributed by atoms with Gasteiger partial charge in [-0.2, -0.15) is 0 Å². The molecule has 6 rings (SSSR count). The van der Waals surface area contributed by atoms with Gasteiger partial charge in [0.15, 0.2) is 5.16 Å². The van der Waals surface area contributed by atoms with Crippen molar-refractivity contribution in [1.82, 2.24) is 19.2 Å². The zero-order valence-electron chi connectivity index (χ0n) is 20.5. The normalized spacial score (nSPS) is 16.6. The van der Waals surface area contributed by atoms with Crippen LogP contribution in [0.3, 0.4) is 0 Å². The van der Waals surface area contributed by atoms with Crippen LogP contribution in [-0.2, 0) is 24.1 Å². The Hall–Kier alpha value is -3.64. The van der Waals surface area contributed by atoms with Crippen LogP contribution in [0, 0.1) is 0 Å². The third-order valence-electron chi connectivity index (χ3n) is 7.41. The topological polar surface area (TPSA) is 52.2 Å². The van der Waals surface area contributed by atoms with E-state index in [0.717, 1.165) is 46.1 Å². The summed E-state index contributed by atoms with van der Waals surface area (Å²) < 4.78 is 3.95. The van der Waals surface area contributed by atoms with E-state index in [1.807, 2.05) is 28.8 Å². The fourth-order valence-electron chi connectivity index (χ4n) is 5.31. The minimum absolute atomic E-state index is 0.0345. The van der Waals surface area contributed by atoms with Crippen molar-refractivity contribution in [3.05, 3.63) is 118 Å². The molecule has 0 aliphatic heterocycles. The Labute approximate surface area is 214 Å². The van der Waals surface area contributed by atoms with E-state index in [4.69, 9.17) is 0 Å². The lowest BCUT2D eigenvalue weighted by molar-refractivity contribution is 0.435. The zero-order valence-corrected chi connectivity index (χ0v) is 21.3. The third-order valence-corrected chi connectivity index (χ3v) is 8.41. The Morgan fingerprint density at radius 2 is 1.56 bits per heavy atom. The average Bonchev–Trinajstić information content (AvgIpc) is 3.34.